The van der Waals surface area contributed by atoms with Crippen molar-refractivity contribution in [3.05, 3.63) is 0 Å². The first-order chi connectivity index (χ1) is 5.31. The fourth-order valence-corrected chi connectivity index (χ4v) is 2.34. The number of hydrogen-bond donors (Lipinski definition) is 0. The van der Waals surface area contributed by atoms with Gasteiger partial charge in [-0.15, -0.1) is 0 Å². The van der Waals surface area contributed by atoms with Crippen molar-refractivity contribution < 1.29 is 0 Å². The highest BCUT2D eigenvalue weighted by Gasteiger charge is 1.99. The molecule has 0 aromatic rings. The van der Waals surface area contributed by atoms with E-state index < -0.39 is 0 Å². The van der Waals surface area contributed by atoms with Gasteiger partial charge >= 0.3 is 0 Å². The summed E-state index contributed by atoms with van der Waals surface area (Å²) in [5.74, 6) is 3.67. The van der Waals surface area contributed by atoms with Gasteiger partial charge in [0.1, 0.15) is 0 Å². The lowest BCUT2D eigenvalue weighted by Crippen LogP contribution is -1.97. The van der Waals surface area contributed by atoms with E-state index in [-0.39, 0.29) is 0 Å². The Kier molecular flexibility index (Phi) is 8.72. The van der Waals surface area contributed by atoms with Gasteiger partial charge in [0.15, 0.2) is 0 Å². The van der Waals surface area contributed by atoms with Crippen LogP contribution >= 0.6 is 11.8 Å². The van der Waals surface area contributed by atoms with Gasteiger partial charge in [-0.2, -0.15) is 11.8 Å². The molecule has 0 spiro atoms. The van der Waals surface area contributed by atoms with Crippen molar-refractivity contribution in [1.29, 1.82) is 0 Å². The van der Waals surface area contributed by atoms with Crippen LogP contribution in [0.3, 0.4) is 0 Å². The molecule has 11 heavy (non-hydrogen) atoms. The lowest BCUT2D eigenvalue weighted by Gasteiger charge is -2.08. The zero-order valence-electron chi connectivity index (χ0n) is 8.23. The van der Waals surface area contributed by atoms with Crippen molar-refractivity contribution in [3.63, 3.8) is 0 Å². The Morgan fingerprint density at radius 1 is 1.18 bits per heavy atom. The van der Waals surface area contributed by atoms with Gasteiger partial charge in [0.25, 0.3) is 0 Å². The van der Waals surface area contributed by atoms with Crippen molar-refractivity contribution in [2.24, 2.45) is 5.92 Å². The molecule has 0 heterocycles. The molecular formula is C10H22S. The quantitative estimate of drug-likeness (QED) is 0.527. The molecule has 1 heteroatoms. The molecule has 0 saturated carbocycles. The summed E-state index contributed by atoms with van der Waals surface area (Å²) in [6, 6.07) is 0. The minimum absolute atomic E-state index is 0.932. The average molecular weight is 174 g/mol. The monoisotopic (exact) mass is 174 g/mol. The fourth-order valence-electron chi connectivity index (χ4n) is 1.11. The van der Waals surface area contributed by atoms with Gasteiger partial charge < -0.3 is 0 Å². The molecule has 0 amide bonds. The molecule has 0 rings (SSSR count). The molecule has 0 bridgehead atoms. The molecule has 1 unspecified atom stereocenters. The van der Waals surface area contributed by atoms with Gasteiger partial charge in [-0.05, 0) is 23.8 Å². The Morgan fingerprint density at radius 3 is 2.45 bits per heavy atom. The summed E-state index contributed by atoms with van der Waals surface area (Å²) in [5.41, 5.74) is 0. The standard InChI is InChI=1S/C10H22S/c1-4-6-8-11-9-10(3)7-5-2/h10H,4-9H2,1-3H3. The normalized spacial score (nSPS) is 13.4. The zero-order chi connectivity index (χ0) is 8.53. The van der Waals surface area contributed by atoms with Gasteiger partial charge in [-0.1, -0.05) is 40.0 Å². The van der Waals surface area contributed by atoms with E-state index in [1.54, 1.807) is 0 Å². The Balaban J connectivity index is 2.97. The summed E-state index contributed by atoms with van der Waals surface area (Å²) >= 11 is 2.13. The van der Waals surface area contributed by atoms with Crippen LogP contribution in [0.15, 0.2) is 0 Å². The molecule has 0 radical (unpaired) electrons. The summed E-state index contributed by atoms with van der Waals surface area (Å²) in [5, 5.41) is 0. The molecule has 0 fully saturated rings. The van der Waals surface area contributed by atoms with Crippen LogP contribution in [-0.4, -0.2) is 11.5 Å². The summed E-state index contributed by atoms with van der Waals surface area (Å²) in [4.78, 5) is 0. The highest BCUT2D eigenvalue weighted by molar-refractivity contribution is 7.99. The van der Waals surface area contributed by atoms with Gasteiger partial charge in [0, 0.05) is 0 Å². The summed E-state index contributed by atoms with van der Waals surface area (Å²) < 4.78 is 0. The average Bonchev–Trinajstić information content (AvgIpc) is 1.99. The summed E-state index contributed by atoms with van der Waals surface area (Å²) in [6.45, 7) is 6.89. The van der Waals surface area contributed by atoms with E-state index >= 15 is 0 Å². The van der Waals surface area contributed by atoms with Crippen LogP contribution in [-0.2, 0) is 0 Å². The van der Waals surface area contributed by atoms with Crippen molar-refractivity contribution in [2.75, 3.05) is 11.5 Å². The van der Waals surface area contributed by atoms with E-state index in [1.807, 2.05) is 0 Å². The molecule has 0 saturated heterocycles. The Morgan fingerprint density at radius 2 is 1.91 bits per heavy atom. The van der Waals surface area contributed by atoms with Crippen molar-refractivity contribution in [2.45, 2.75) is 46.5 Å². The predicted octanol–water partition coefficient (Wildman–Crippen LogP) is 3.96. The van der Waals surface area contributed by atoms with E-state index in [2.05, 4.69) is 32.5 Å². The molecule has 0 N–H and O–H groups in total. The topological polar surface area (TPSA) is 0 Å². The second-order valence-electron chi connectivity index (χ2n) is 3.32. The zero-order valence-corrected chi connectivity index (χ0v) is 9.04. The van der Waals surface area contributed by atoms with Crippen LogP contribution in [0.1, 0.15) is 46.5 Å². The highest BCUT2D eigenvalue weighted by Crippen LogP contribution is 2.14. The van der Waals surface area contributed by atoms with Crippen LogP contribution < -0.4 is 0 Å². The maximum atomic E-state index is 2.36. The summed E-state index contributed by atoms with van der Waals surface area (Å²) in [7, 11) is 0. The first kappa shape index (κ1) is 11.4. The van der Waals surface area contributed by atoms with Crippen molar-refractivity contribution >= 4 is 11.8 Å². The largest absolute Gasteiger partial charge is 0.162 e. The third-order valence-electron chi connectivity index (χ3n) is 1.83. The van der Waals surface area contributed by atoms with Gasteiger partial charge in [-0.25, -0.2) is 0 Å². The van der Waals surface area contributed by atoms with Gasteiger partial charge in [-0.3, -0.25) is 0 Å². The van der Waals surface area contributed by atoms with E-state index in [1.165, 1.54) is 37.2 Å². The van der Waals surface area contributed by atoms with Crippen LogP contribution in [0.5, 0.6) is 0 Å². The first-order valence-corrected chi connectivity index (χ1v) is 6.04. The number of thioether (sulfide) groups is 1. The second kappa shape index (κ2) is 8.45. The molecule has 1 atom stereocenters. The van der Waals surface area contributed by atoms with Crippen molar-refractivity contribution in [3.8, 4) is 0 Å². The summed E-state index contributed by atoms with van der Waals surface area (Å²) in [6.07, 6.45) is 5.48. The predicted molar refractivity (Wildman–Crippen MR) is 56.3 cm³/mol. The maximum Gasteiger partial charge on any atom is -0.00418 e. The Hall–Kier alpha value is 0.350. The van der Waals surface area contributed by atoms with Crippen LogP contribution in [0.2, 0.25) is 0 Å². The molecule has 0 aromatic heterocycles. The van der Waals surface area contributed by atoms with Gasteiger partial charge in [0.05, 0.1) is 0 Å². The molecular weight excluding hydrogens is 152 g/mol. The molecule has 0 aromatic carbocycles. The smallest absolute Gasteiger partial charge is 0.00418 e. The molecule has 0 nitrogen and oxygen atoms in total. The van der Waals surface area contributed by atoms with Crippen molar-refractivity contribution in [1.82, 2.24) is 0 Å². The Labute approximate surface area is 76.1 Å². The lowest BCUT2D eigenvalue weighted by atomic mass is 10.1. The molecule has 68 valence electrons. The molecule has 0 aliphatic rings. The Bertz CT molecular complexity index is 71.3. The number of unbranched alkanes of at least 4 members (excludes halogenated alkanes) is 1. The van der Waals surface area contributed by atoms with Crippen LogP contribution in [0.4, 0.5) is 0 Å². The van der Waals surface area contributed by atoms with E-state index in [9.17, 15) is 0 Å². The SMILES string of the molecule is CCCCSCC(C)CCC. The molecule has 0 aliphatic heterocycles. The highest BCUT2D eigenvalue weighted by atomic mass is 32.2. The molecule has 0 aliphatic carbocycles. The van der Waals surface area contributed by atoms with Crippen LogP contribution in [0.25, 0.3) is 0 Å². The van der Waals surface area contributed by atoms with E-state index in [0.29, 0.717) is 0 Å². The second-order valence-corrected chi connectivity index (χ2v) is 4.47. The minimum atomic E-state index is 0.932. The van der Waals surface area contributed by atoms with E-state index in [4.69, 9.17) is 0 Å². The minimum Gasteiger partial charge on any atom is -0.162 e. The van der Waals surface area contributed by atoms with Gasteiger partial charge in [0.2, 0.25) is 0 Å². The third-order valence-corrected chi connectivity index (χ3v) is 3.21. The first-order valence-electron chi connectivity index (χ1n) is 4.89. The van der Waals surface area contributed by atoms with E-state index in [0.717, 1.165) is 5.92 Å². The number of hydrogen-bond acceptors (Lipinski definition) is 1. The maximum absolute atomic E-state index is 2.36. The van der Waals surface area contributed by atoms with Crippen LogP contribution in [0, 0.1) is 5.92 Å². The third kappa shape index (κ3) is 8.25. The lowest BCUT2D eigenvalue weighted by molar-refractivity contribution is 0.585. The number of rotatable bonds is 7. The fraction of sp³-hybridized carbons (Fsp3) is 1.00.